The van der Waals surface area contributed by atoms with Gasteiger partial charge in [-0.3, -0.25) is 4.79 Å². The molecule has 3 aromatic rings. The Labute approximate surface area is 230 Å². The molecular weight excluding hydrogens is 535 g/mol. The van der Waals surface area contributed by atoms with E-state index in [2.05, 4.69) is 14.6 Å². The van der Waals surface area contributed by atoms with Gasteiger partial charge in [-0.25, -0.2) is 4.98 Å². The topological polar surface area (TPSA) is 65.9 Å². The van der Waals surface area contributed by atoms with Crippen molar-refractivity contribution in [3.8, 4) is 16.9 Å². The minimum absolute atomic E-state index is 0.0222. The zero-order chi connectivity index (χ0) is 27.6. The summed E-state index contributed by atoms with van der Waals surface area (Å²) in [5.74, 6) is 0.238. The molecule has 1 aliphatic rings. The number of aliphatic hydroxyl groups excluding tert-OH is 1. The molecule has 1 fully saturated rings. The summed E-state index contributed by atoms with van der Waals surface area (Å²) in [6.45, 7) is 1.15. The van der Waals surface area contributed by atoms with Crippen LogP contribution in [0.1, 0.15) is 32.3 Å². The average Bonchev–Trinajstić information content (AvgIpc) is 3.36. The zero-order valence-corrected chi connectivity index (χ0v) is 22.8. The second kappa shape index (κ2) is 11.4. The number of ether oxygens (including phenoxy) is 1. The van der Waals surface area contributed by atoms with Gasteiger partial charge < -0.3 is 19.6 Å². The highest BCUT2D eigenvalue weighted by atomic mass is 35.5. The molecular formula is C28H29Cl2F2N3O3. The lowest BCUT2D eigenvalue weighted by atomic mass is 9.83. The number of likely N-dealkylation sites (N-methyl/N-ethyl adjacent to an activating group) is 1. The van der Waals surface area contributed by atoms with Gasteiger partial charge in [0, 0.05) is 34.8 Å². The third-order valence-electron chi connectivity index (χ3n) is 6.93. The third kappa shape index (κ3) is 5.72. The summed E-state index contributed by atoms with van der Waals surface area (Å²) in [5.41, 5.74) is 1.20. The van der Waals surface area contributed by atoms with Crippen molar-refractivity contribution in [3.05, 3.63) is 70.3 Å². The van der Waals surface area contributed by atoms with E-state index in [1.165, 1.54) is 17.0 Å². The highest BCUT2D eigenvalue weighted by Gasteiger charge is 2.35. The minimum Gasteiger partial charge on any atom is -0.435 e. The number of pyridine rings is 1. The smallest absolute Gasteiger partial charge is 0.387 e. The molecule has 0 spiro atoms. The summed E-state index contributed by atoms with van der Waals surface area (Å²) >= 11 is 12.7. The lowest BCUT2D eigenvalue weighted by molar-refractivity contribution is -0.122. The van der Waals surface area contributed by atoms with Crippen LogP contribution in [0.2, 0.25) is 10.0 Å². The Morgan fingerprint density at radius 2 is 1.95 bits per heavy atom. The minimum atomic E-state index is -3.02. The molecule has 38 heavy (non-hydrogen) atoms. The standard InChI is InChI=1S/C28H29Cl2F2N3O3/c1-28(2,17-11-18(29)13-20(12-17)38-27(31)32)26(37)34(3)24-15-33-25(35-10-6-7-19(35)16-36)14-22(24)21-8-4-5-9-23(21)30/h4-5,8-9,11-15,19,27,36H,6-7,10,16H2,1-3H3. The molecule has 6 nitrogen and oxygen atoms in total. The largest absolute Gasteiger partial charge is 0.435 e. The molecule has 1 saturated heterocycles. The summed E-state index contributed by atoms with van der Waals surface area (Å²) in [7, 11) is 1.63. The number of hydrogen-bond donors (Lipinski definition) is 1. The number of nitrogens with zero attached hydrogens (tertiary/aromatic N) is 3. The van der Waals surface area contributed by atoms with Crippen LogP contribution < -0.4 is 14.5 Å². The van der Waals surface area contributed by atoms with Crippen LogP contribution >= 0.6 is 23.2 Å². The zero-order valence-electron chi connectivity index (χ0n) is 21.3. The first kappa shape index (κ1) is 28.1. The molecule has 4 rings (SSSR count). The summed E-state index contributed by atoms with van der Waals surface area (Å²) in [5, 5.41) is 10.5. The van der Waals surface area contributed by atoms with Crippen molar-refractivity contribution >= 4 is 40.6 Å². The predicted molar refractivity (Wildman–Crippen MR) is 147 cm³/mol. The number of aromatic nitrogens is 1. The first-order chi connectivity index (χ1) is 18.0. The number of carbonyl (C=O) groups is 1. The summed E-state index contributed by atoms with van der Waals surface area (Å²) in [6, 6.07) is 13.4. The number of benzene rings is 2. The third-order valence-corrected chi connectivity index (χ3v) is 7.48. The van der Waals surface area contributed by atoms with Gasteiger partial charge in [-0.1, -0.05) is 41.4 Å². The van der Waals surface area contributed by atoms with Crippen LogP contribution in [0.25, 0.3) is 11.1 Å². The van der Waals surface area contributed by atoms with E-state index in [9.17, 15) is 18.7 Å². The summed E-state index contributed by atoms with van der Waals surface area (Å²) < 4.78 is 30.2. The highest BCUT2D eigenvalue weighted by molar-refractivity contribution is 6.33. The average molecular weight is 564 g/mol. The van der Waals surface area contributed by atoms with Crippen LogP contribution in [0.4, 0.5) is 20.3 Å². The number of amides is 1. The monoisotopic (exact) mass is 563 g/mol. The van der Waals surface area contributed by atoms with E-state index < -0.39 is 12.0 Å². The van der Waals surface area contributed by atoms with E-state index in [-0.39, 0.29) is 29.3 Å². The molecule has 0 bridgehead atoms. The first-order valence-electron chi connectivity index (χ1n) is 12.2. The van der Waals surface area contributed by atoms with E-state index >= 15 is 0 Å². The van der Waals surface area contributed by atoms with Crippen LogP contribution in [-0.4, -0.2) is 48.9 Å². The van der Waals surface area contributed by atoms with E-state index in [0.717, 1.165) is 24.9 Å². The molecule has 1 unspecified atom stereocenters. The number of halogens is 4. The number of carbonyl (C=O) groups excluding carboxylic acids is 1. The molecule has 2 aromatic carbocycles. The van der Waals surface area contributed by atoms with Gasteiger partial charge in [0.1, 0.15) is 11.6 Å². The fourth-order valence-electron chi connectivity index (χ4n) is 4.83. The lowest BCUT2D eigenvalue weighted by Gasteiger charge is -2.32. The number of aliphatic hydroxyl groups is 1. The van der Waals surface area contributed by atoms with Gasteiger partial charge in [-0.15, -0.1) is 0 Å². The molecule has 10 heteroatoms. The Kier molecular flexibility index (Phi) is 8.45. The second-order valence-corrected chi connectivity index (χ2v) is 10.6. The first-order valence-corrected chi connectivity index (χ1v) is 12.9. The molecule has 0 radical (unpaired) electrons. The van der Waals surface area contributed by atoms with Crippen LogP contribution in [-0.2, 0) is 10.2 Å². The fourth-order valence-corrected chi connectivity index (χ4v) is 5.29. The molecule has 1 atom stereocenters. The maximum Gasteiger partial charge on any atom is 0.387 e. The van der Waals surface area contributed by atoms with Gasteiger partial charge in [0.2, 0.25) is 5.91 Å². The van der Waals surface area contributed by atoms with E-state index in [0.29, 0.717) is 27.7 Å². The van der Waals surface area contributed by atoms with Crippen molar-refractivity contribution in [1.29, 1.82) is 0 Å². The number of rotatable bonds is 8. The van der Waals surface area contributed by atoms with Crippen molar-refractivity contribution < 1.29 is 23.4 Å². The molecule has 1 N–H and O–H groups in total. The van der Waals surface area contributed by atoms with Crippen molar-refractivity contribution in [2.45, 2.75) is 44.8 Å². The van der Waals surface area contributed by atoms with Crippen molar-refractivity contribution in [2.24, 2.45) is 0 Å². The number of alkyl halides is 2. The SMILES string of the molecule is CN(C(=O)C(C)(C)c1cc(Cl)cc(OC(F)F)c1)c1cnc(N2CCCC2CO)cc1-c1ccccc1Cl. The van der Waals surface area contributed by atoms with Crippen LogP contribution in [0, 0.1) is 0 Å². The van der Waals surface area contributed by atoms with Gasteiger partial charge in [-0.2, -0.15) is 8.78 Å². The Hall–Kier alpha value is -2.94. The van der Waals surface area contributed by atoms with Gasteiger partial charge >= 0.3 is 6.61 Å². The van der Waals surface area contributed by atoms with E-state index in [4.69, 9.17) is 23.2 Å². The van der Waals surface area contributed by atoms with E-state index in [1.54, 1.807) is 39.2 Å². The molecule has 0 aliphatic carbocycles. The fraction of sp³-hybridized carbons (Fsp3) is 0.357. The van der Waals surface area contributed by atoms with Crippen LogP contribution in [0.3, 0.4) is 0 Å². The lowest BCUT2D eigenvalue weighted by Crippen LogP contribution is -2.42. The summed E-state index contributed by atoms with van der Waals surface area (Å²) in [4.78, 5) is 22.1. The van der Waals surface area contributed by atoms with E-state index in [1.807, 2.05) is 24.3 Å². The van der Waals surface area contributed by atoms with Crippen LogP contribution in [0.5, 0.6) is 5.75 Å². The molecule has 1 aliphatic heterocycles. The Balaban J connectivity index is 1.76. The molecule has 2 heterocycles. The Morgan fingerprint density at radius 3 is 2.63 bits per heavy atom. The molecule has 1 aromatic heterocycles. The maximum atomic E-state index is 13.9. The number of anilines is 2. The normalized spacial score (nSPS) is 15.7. The van der Waals surface area contributed by atoms with Gasteiger partial charge in [0.15, 0.2) is 0 Å². The summed E-state index contributed by atoms with van der Waals surface area (Å²) in [6.07, 6.45) is 3.43. The van der Waals surface area contributed by atoms with Crippen molar-refractivity contribution in [3.63, 3.8) is 0 Å². The van der Waals surface area contributed by atoms with Crippen molar-refractivity contribution in [2.75, 3.05) is 30.0 Å². The van der Waals surface area contributed by atoms with Crippen LogP contribution in [0.15, 0.2) is 54.7 Å². The predicted octanol–water partition coefficient (Wildman–Crippen LogP) is 6.56. The molecule has 1 amide bonds. The number of hydrogen-bond acceptors (Lipinski definition) is 5. The van der Waals surface area contributed by atoms with Crippen molar-refractivity contribution in [1.82, 2.24) is 4.98 Å². The van der Waals surface area contributed by atoms with Gasteiger partial charge in [0.05, 0.1) is 29.9 Å². The maximum absolute atomic E-state index is 13.9. The Morgan fingerprint density at radius 1 is 1.21 bits per heavy atom. The molecule has 0 saturated carbocycles. The Bertz CT molecular complexity index is 1320. The highest BCUT2D eigenvalue weighted by Crippen LogP contribution is 2.40. The second-order valence-electron chi connectivity index (χ2n) is 9.75. The van der Waals surface area contributed by atoms with Gasteiger partial charge in [0.25, 0.3) is 0 Å². The van der Waals surface area contributed by atoms with Gasteiger partial charge in [-0.05, 0) is 62.6 Å². The quantitative estimate of drug-likeness (QED) is 0.336. The molecule has 202 valence electrons.